The van der Waals surface area contributed by atoms with Gasteiger partial charge in [-0.25, -0.2) is 4.79 Å². The zero-order valence-electron chi connectivity index (χ0n) is 15.7. The molecule has 2 aromatic rings. The number of ether oxygens (including phenoxy) is 4. The quantitative estimate of drug-likeness (QED) is 0.555. The number of amides is 1. The molecule has 0 aromatic heterocycles. The van der Waals surface area contributed by atoms with Crippen LogP contribution in [0.5, 0.6) is 17.2 Å². The van der Waals surface area contributed by atoms with Crippen molar-refractivity contribution in [2.45, 2.75) is 20.0 Å². The summed E-state index contributed by atoms with van der Waals surface area (Å²) in [5.74, 6) is 0.373. The summed E-state index contributed by atoms with van der Waals surface area (Å²) < 4.78 is 22.2. The van der Waals surface area contributed by atoms with Gasteiger partial charge in [-0.15, -0.1) is 0 Å². The monoisotopic (exact) mass is 451 g/mol. The zero-order chi connectivity index (χ0) is 20.5. The first-order chi connectivity index (χ1) is 13.4. The fourth-order valence-electron chi connectivity index (χ4n) is 2.29. The molecule has 28 heavy (non-hydrogen) atoms. The van der Waals surface area contributed by atoms with Crippen molar-refractivity contribution < 1.29 is 28.5 Å². The van der Waals surface area contributed by atoms with Crippen molar-refractivity contribution in [1.82, 2.24) is 0 Å². The van der Waals surface area contributed by atoms with Crippen LogP contribution in [-0.4, -0.2) is 32.2 Å². The maximum atomic E-state index is 12.4. The Morgan fingerprint density at radius 2 is 1.93 bits per heavy atom. The molecule has 0 aliphatic rings. The Bertz CT molecular complexity index is 839. The normalized spacial score (nSPS) is 10.2. The number of methoxy groups -OCH3 is 1. The molecule has 0 fully saturated rings. The largest absolute Gasteiger partial charge is 0.493 e. The number of hydrogen-bond donors (Lipinski definition) is 1. The molecule has 8 heteroatoms. The molecule has 0 saturated carbocycles. The number of nitrogens with two attached hydrogens (primary N) is 1. The third kappa shape index (κ3) is 6.16. The number of hydrogen-bond acceptors (Lipinski definition) is 6. The van der Waals surface area contributed by atoms with Crippen molar-refractivity contribution in [3.63, 3.8) is 0 Å². The van der Waals surface area contributed by atoms with E-state index in [1.807, 2.05) is 6.92 Å². The first kappa shape index (κ1) is 21.6. The fraction of sp³-hybridized carbons (Fsp3) is 0.300. The molecule has 0 heterocycles. The van der Waals surface area contributed by atoms with Gasteiger partial charge in [-0.3, -0.25) is 4.79 Å². The van der Waals surface area contributed by atoms with Crippen LogP contribution in [0.4, 0.5) is 0 Å². The summed E-state index contributed by atoms with van der Waals surface area (Å²) >= 11 is 3.40. The third-order valence-electron chi connectivity index (χ3n) is 3.57. The average Bonchev–Trinajstić information content (AvgIpc) is 2.69. The van der Waals surface area contributed by atoms with E-state index in [-0.39, 0.29) is 13.2 Å². The van der Waals surface area contributed by atoms with Gasteiger partial charge in [0.1, 0.15) is 12.4 Å². The van der Waals surface area contributed by atoms with Gasteiger partial charge < -0.3 is 24.7 Å². The molecule has 2 N–H and O–H groups in total. The first-order valence-electron chi connectivity index (χ1n) is 8.62. The third-order valence-corrected chi connectivity index (χ3v) is 4.15. The van der Waals surface area contributed by atoms with Crippen molar-refractivity contribution in [3.05, 3.63) is 52.0 Å². The Hall–Kier alpha value is -2.74. The fourth-order valence-corrected chi connectivity index (χ4v) is 2.85. The van der Waals surface area contributed by atoms with Crippen molar-refractivity contribution in [2.75, 3.05) is 20.3 Å². The van der Waals surface area contributed by atoms with Gasteiger partial charge in [0.05, 0.1) is 23.8 Å². The molecule has 0 saturated heterocycles. The minimum atomic E-state index is -0.567. The summed E-state index contributed by atoms with van der Waals surface area (Å²) in [6.45, 7) is 2.36. The summed E-state index contributed by atoms with van der Waals surface area (Å²) in [5.41, 5.74) is 6.10. The Balaban J connectivity index is 2.06. The summed E-state index contributed by atoms with van der Waals surface area (Å²) in [4.78, 5) is 23.2. The number of primary amides is 1. The molecule has 0 unspecified atom stereocenters. The highest BCUT2D eigenvalue weighted by molar-refractivity contribution is 9.10. The second-order valence-electron chi connectivity index (χ2n) is 5.82. The van der Waals surface area contributed by atoms with E-state index in [1.54, 1.807) is 36.4 Å². The van der Waals surface area contributed by atoms with E-state index in [9.17, 15) is 9.59 Å². The van der Waals surface area contributed by atoms with Gasteiger partial charge in [0.25, 0.3) is 5.91 Å². The van der Waals surface area contributed by atoms with E-state index in [2.05, 4.69) is 15.9 Å². The number of carbonyl (C=O) groups is 2. The van der Waals surface area contributed by atoms with E-state index in [0.29, 0.717) is 39.5 Å². The minimum Gasteiger partial charge on any atom is -0.493 e. The molecule has 0 bridgehead atoms. The molecule has 0 radical (unpaired) electrons. The molecule has 0 atom stereocenters. The summed E-state index contributed by atoms with van der Waals surface area (Å²) in [6.07, 6.45) is 0.849. The van der Waals surface area contributed by atoms with E-state index < -0.39 is 11.9 Å². The van der Waals surface area contributed by atoms with Crippen LogP contribution in [0.1, 0.15) is 29.3 Å². The highest BCUT2D eigenvalue weighted by Gasteiger charge is 2.16. The second-order valence-corrected chi connectivity index (χ2v) is 6.67. The Labute approximate surface area is 171 Å². The van der Waals surface area contributed by atoms with E-state index in [1.165, 1.54) is 7.11 Å². The molecule has 7 nitrogen and oxygen atoms in total. The lowest BCUT2D eigenvalue weighted by molar-refractivity contribution is -0.119. The van der Waals surface area contributed by atoms with Crippen molar-refractivity contribution in [1.29, 1.82) is 0 Å². The maximum absolute atomic E-state index is 12.4. The van der Waals surface area contributed by atoms with E-state index in [0.717, 1.165) is 6.42 Å². The average molecular weight is 452 g/mol. The van der Waals surface area contributed by atoms with Gasteiger partial charge in [0.15, 0.2) is 18.1 Å². The van der Waals surface area contributed by atoms with Crippen LogP contribution in [0.3, 0.4) is 0 Å². The summed E-state index contributed by atoms with van der Waals surface area (Å²) in [6, 6.07) is 10.1. The van der Waals surface area contributed by atoms with Crippen LogP contribution in [0.2, 0.25) is 0 Å². The van der Waals surface area contributed by atoms with Gasteiger partial charge >= 0.3 is 5.97 Å². The van der Waals surface area contributed by atoms with Gasteiger partial charge in [-0.05, 0) is 52.2 Å². The number of esters is 1. The lowest BCUT2D eigenvalue weighted by atomic mass is 10.2. The topological polar surface area (TPSA) is 97.1 Å². The van der Waals surface area contributed by atoms with Crippen LogP contribution in [0, 0.1) is 0 Å². The molecule has 1 amide bonds. The van der Waals surface area contributed by atoms with Gasteiger partial charge in [-0.2, -0.15) is 0 Å². The smallest absolute Gasteiger partial charge is 0.338 e. The highest BCUT2D eigenvalue weighted by Crippen LogP contribution is 2.37. The summed E-state index contributed by atoms with van der Waals surface area (Å²) in [5, 5.41) is 0. The standard InChI is InChI=1S/C20H22BrNO6/c1-3-7-26-19-16(21)9-14(10-17(19)25-2)20(24)28-11-13-5-4-6-15(8-13)27-12-18(22)23/h4-6,8-10H,3,7,11-12H2,1-2H3,(H2,22,23). The molecule has 0 spiro atoms. The van der Waals surface area contributed by atoms with Crippen LogP contribution in [0.25, 0.3) is 0 Å². The lowest BCUT2D eigenvalue weighted by Crippen LogP contribution is -2.20. The lowest BCUT2D eigenvalue weighted by Gasteiger charge is -2.14. The van der Waals surface area contributed by atoms with Gasteiger partial charge in [0, 0.05) is 0 Å². The Morgan fingerprint density at radius 3 is 2.61 bits per heavy atom. The molecule has 2 aromatic carbocycles. The number of halogens is 1. The number of benzene rings is 2. The van der Waals surface area contributed by atoms with Crippen molar-refractivity contribution in [2.24, 2.45) is 5.73 Å². The first-order valence-corrected chi connectivity index (χ1v) is 9.41. The van der Waals surface area contributed by atoms with E-state index in [4.69, 9.17) is 24.7 Å². The van der Waals surface area contributed by atoms with Crippen LogP contribution >= 0.6 is 15.9 Å². The molecular weight excluding hydrogens is 430 g/mol. The SMILES string of the molecule is CCCOc1c(Br)cc(C(=O)OCc2cccc(OCC(N)=O)c2)cc1OC. The second kappa shape index (κ2) is 10.6. The maximum Gasteiger partial charge on any atom is 0.338 e. The van der Waals surface area contributed by atoms with Crippen LogP contribution in [-0.2, 0) is 16.1 Å². The molecule has 2 rings (SSSR count). The minimum absolute atomic E-state index is 0.0423. The Morgan fingerprint density at radius 1 is 1.14 bits per heavy atom. The zero-order valence-corrected chi connectivity index (χ0v) is 17.3. The van der Waals surface area contributed by atoms with Crippen molar-refractivity contribution >= 4 is 27.8 Å². The number of rotatable bonds is 10. The molecule has 150 valence electrons. The number of carbonyl (C=O) groups excluding carboxylic acids is 2. The van der Waals surface area contributed by atoms with E-state index >= 15 is 0 Å². The predicted molar refractivity (Wildman–Crippen MR) is 107 cm³/mol. The predicted octanol–water partition coefficient (Wildman–Crippen LogP) is 3.47. The molecule has 0 aliphatic heterocycles. The molecular formula is C20H22BrNO6. The van der Waals surface area contributed by atoms with Gasteiger partial charge in [-0.1, -0.05) is 19.1 Å². The molecule has 0 aliphatic carbocycles. The Kier molecular flexibility index (Phi) is 8.13. The van der Waals surface area contributed by atoms with Crippen LogP contribution in [0.15, 0.2) is 40.9 Å². The van der Waals surface area contributed by atoms with Crippen LogP contribution < -0.4 is 19.9 Å². The van der Waals surface area contributed by atoms with Gasteiger partial charge in [0.2, 0.25) is 0 Å². The van der Waals surface area contributed by atoms with Crippen molar-refractivity contribution in [3.8, 4) is 17.2 Å². The summed E-state index contributed by atoms with van der Waals surface area (Å²) in [7, 11) is 1.51. The highest BCUT2D eigenvalue weighted by atomic mass is 79.9.